The summed E-state index contributed by atoms with van der Waals surface area (Å²) >= 11 is 0. The second-order valence-electron chi connectivity index (χ2n) is 6.71. The van der Waals surface area contributed by atoms with Gasteiger partial charge >= 0.3 is 0 Å². The summed E-state index contributed by atoms with van der Waals surface area (Å²) < 4.78 is 17.8. The monoisotopic (exact) mass is 368 g/mol. The molecule has 0 saturated carbocycles. The first kappa shape index (κ1) is 19.8. The highest BCUT2D eigenvalue weighted by molar-refractivity contribution is 5.19. The molecular formula is C23H28O4. The molecule has 1 N–H and O–H groups in total. The van der Waals surface area contributed by atoms with Crippen LogP contribution in [0.1, 0.15) is 30.9 Å². The summed E-state index contributed by atoms with van der Waals surface area (Å²) in [6.07, 6.45) is 2.16. The predicted octanol–water partition coefficient (Wildman–Crippen LogP) is 4.23. The molecular weight excluding hydrogens is 340 g/mol. The van der Waals surface area contributed by atoms with Crippen molar-refractivity contribution in [3.63, 3.8) is 0 Å². The van der Waals surface area contributed by atoms with E-state index in [0.717, 1.165) is 23.1 Å². The second kappa shape index (κ2) is 10.4. The fraction of sp³-hybridized carbons (Fsp3) is 0.391. The van der Waals surface area contributed by atoms with Crippen LogP contribution in [0.4, 0.5) is 0 Å². The SMILES string of the molecule is CC/C=C1/[C@H](OCc2ccccc2)CC(O)O[C@@H]1COCc1ccccc1. The van der Waals surface area contributed by atoms with E-state index in [4.69, 9.17) is 14.2 Å². The number of aliphatic hydroxyl groups is 1. The van der Waals surface area contributed by atoms with Crippen molar-refractivity contribution in [2.24, 2.45) is 0 Å². The van der Waals surface area contributed by atoms with Crippen LogP contribution < -0.4 is 0 Å². The van der Waals surface area contributed by atoms with Crippen LogP contribution >= 0.6 is 0 Å². The number of aliphatic hydroxyl groups excluding tert-OH is 1. The minimum Gasteiger partial charge on any atom is -0.374 e. The van der Waals surface area contributed by atoms with Crippen molar-refractivity contribution in [1.29, 1.82) is 0 Å². The van der Waals surface area contributed by atoms with Gasteiger partial charge in [0.2, 0.25) is 0 Å². The third-order valence-corrected chi connectivity index (χ3v) is 4.60. The zero-order chi connectivity index (χ0) is 18.9. The molecule has 2 aromatic rings. The van der Waals surface area contributed by atoms with E-state index in [1.807, 2.05) is 60.7 Å². The Bertz CT molecular complexity index is 699. The van der Waals surface area contributed by atoms with Crippen molar-refractivity contribution in [1.82, 2.24) is 0 Å². The van der Waals surface area contributed by atoms with E-state index >= 15 is 0 Å². The Morgan fingerprint density at radius 1 is 1.00 bits per heavy atom. The molecule has 144 valence electrons. The van der Waals surface area contributed by atoms with Gasteiger partial charge in [0, 0.05) is 6.42 Å². The summed E-state index contributed by atoms with van der Waals surface area (Å²) in [6, 6.07) is 20.1. The fourth-order valence-electron chi connectivity index (χ4n) is 3.28. The second-order valence-corrected chi connectivity index (χ2v) is 6.71. The molecule has 1 heterocycles. The maximum absolute atomic E-state index is 10.2. The van der Waals surface area contributed by atoms with Gasteiger partial charge in [-0.25, -0.2) is 0 Å². The van der Waals surface area contributed by atoms with Gasteiger partial charge in [-0.15, -0.1) is 0 Å². The largest absolute Gasteiger partial charge is 0.374 e. The van der Waals surface area contributed by atoms with Gasteiger partial charge in [0.1, 0.15) is 6.10 Å². The Morgan fingerprint density at radius 3 is 2.26 bits per heavy atom. The van der Waals surface area contributed by atoms with Crippen LogP contribution in [0.3, 0.4) is 0 Å². The van der Waals surface area contributed by atoms with Gasteiger partial charge in [-0.1, -0.05) is 73.7 Å². The standard InChI is InChI=1S/C23H28O4/c1-2-9-20-21(26-16-19-12-7-4-8-13-19)14-23(24)27-22(20)17-25-15-18-10-5-3-6-11-18/h3-13,21-24H,2,14-17H2,1H3/b20-9-/t21-,22-,23?/m1/s1. The van der Waals surface area contributed by atoms with Gasteiger partial charge < -0.3 is 19.3 Å². The highest BCUT2D eigenvalue weighted by Gasteiger charge is 2.33. The third-order valence-electron chi connectivity index (χ3n) is 4.60. The molecule has 1 fully saturated rings. The van der Waals surface area contributed by atoms with Gasteiger partial charge in [-0.2, -0.15) is 0 Å². The number of rotatable bonds is 8. The van der Waals surface area contributed by atoms with Crippen LogP contribution in [0.25, 0.3) is 0 Å². The van der Waals surface area contributed by atoms with E-state index in [9.17, 15) is 5.11 Å². The van der Waals surface area contributed by atoms with Gasteiger partial charge in [0.15, 0.2) is 6.29 Å². The number of benzene rings is 2. The summed E-state index contributed by atoms with van der Waals surface area (Å²) in [5.41, 5.74) is 3.30. The van der Waals surface area contributed by atoms with E-state index in [-0.39, 0.29) is 12.2 Å². The highest BCUT2D eigenvalue weighted by atomic mass is 16.6. The molecule has 1 unspecified atom stereocenters. The topological polar surface area (TPSA) is 47.9 Å². The maximum Gasteiger partial charge on any atom is 0.158 e. The fourth-order valence-corrected chi connectivity index (χ4v) is 3.28. The van der Waals surface area contributed by atoms with Crippen LogP contribution in [-0.2, 0) is 27.4 Å². The van der Waals surface area contributed by atoms with Crippen molar-refractivity contribution in [2.75, 3.05) is 6.61 Å². The molecule has 0 amide bonds. The lowest BCUT2D eigenvalue weighted by molar-refractivity contribution is -0.186. The number of hydrogen-bond donors (Lipinski definition) is 1. The van der Waals surface area contributed by atoms with Gasteiger partial charge in [0.05, 0.1) is 25.9 Å². The third kappa shape index (κ3) is 6.01. The Kier molecular flexibility index (Phi) is 7.60. The van der Waals surface area contributed by atoms with E-state index in [1.165, 1.54) is 0 Å². The summed E-state index contributed by atoms with van der Waals surface area (Å²) in [7, 11) is 0. The van der Waals surface area contributed by atoms with Crippen molar-refractivity contribution in [2.45, 2.75) is 51.5 Å². The Morgan fingerprint density at radius 2 is 1.63 bits per heavy atom. The molecule has 0 spiro atoms. The molecule has 3 rings (SSSR count). The van der Waals surface area contributed by atoms with Crippen molar-refractivity contribution >= 4 is 0 Å². The molecule has 1 saturated heterocycles. The average Bonchev–Trinajstić information content (AvgIpc) is 2.70. The molecule has 1 aliphatic heterocycles. The first-order valence-corrected chi connectivity index (χ1v) is 9.57. The predicted molar refractivity (Wildman–Crippen MR) is 105 cm³/mol. The maximum atomic E-state index is 10.2. The molecule has 27 heavy (non-hydrogen) atoms. The van der Waals surface area contributed by atoms with Gasteiger partial charge in [0.25, 0.3) is 0 Å². The summed E-state index contributed by atoms with van der Waals surface area (Å²) in [6.45, 7) is 3.51. The van der Waals surface area contributed by atoms with E-state index in [2.05, 4.69) is 13.0 Å². The Hall–Kier alpha value is -1.98. The van der Waals surface area contributed by atoms with Crippen LogP contribution in [0.15, 0.2) is 72.3 Å². The van der Waals surface area contributed by atoms with Crippen LogP contribution in [0.5, 0.6) is 0 Å². The van der Waals surface area contributed by atoms with Gasteiger partial charge in [-0.3, -0.25) is 0 Å². The highest BCUT2D eigenvalue weighted by Crippen LogP contribution is 2.28. The van der Waals surface area contributed by atoms with Crippen molar-refractivity contribution < 1.29 is 19.3 Å². The molecule has 1 aliphatic rings. The van der Waals surface area contributed by atoms with Crippen LogP contribution in [-0.4, -0.2) is 30.2 Å². The summed E-state index contributed by atoms with van der Waals surface area (Å²) in [5.74, 6) is 0. The lowest BCUT2D eigenvalue weighted by atomic mass is 9.96. The van der Waals surface area contributed by atoms with E-state index in [1.54, 1.807) is 0 Å². The molecule has 0 radical (unpaired) electrons. The molecule has 0 aromatic heterocycles. The molecule has 4 heteroatoms. The van der Waals surface area contributed by atoms with Crippen LogP contribution in [0, 0.1) is 0 Å². The zero-order valence-corrected chi connectivity index (χ0v) is 15.8. The first-order chi connectivity index (χ1) is 13.3. The minimum atomic E-state index is -0.842. The normalized spacial score (nSPS) is 24.2. The molecule has 3 atom stereocenters. The molecule has 2 aromatic carbocycles. The zero-order valence-electron chi connectivity index (χ0n) is 15.8. The summed E-state index contributed by atoms with van der Waals surface area (Å²) in [4.78, 5) is 0. The van der Waals surface area contributed by atoms with Gasteiger partial charge in [-0.05, 0) is 23.1 Å². The minimum absolute atomic E-state index is 0.167. The lowest BCUT2D eigenvalue weighted by Crippen LogP contribution is -2.41. The first-order valence-electron chi connectivity index (χ1n) is 9.57. The smallest absolute Gasteiger partial charge is 0.158 e. The van der Waals surface area contributed by atoms with E-state index < -0.39 is 6.29 Å². The molecule has 0 bridgehead atoms. The number of hydrogen-bond acceptors (Lipinski definition) is 4. The van der Waals surface area contributed by atoms with Crippen molar-refractivity contribution in [3.8, 4) is 0 Å². The molecule has 4 nitrogen and oxygen atoms in total. The summed E-state index contributed by atoms with van der Waals surface area (Å²) in [5, 5.41) is 10.2. The Balaban J connectivity index is 1.60. The molecule has 0 aliphatic carbocycles. The number of allylic oxidation sites excluding steroid dienone is 1. The quantitative estimate of drug-likeness (QED) is 0.708. The lowest BCUT2D eigenvalue weighted by Gasteiger charge is -2.35. The Labute approximate surface area is 161 Å². The average molecular weight is 368 g/mol. The van der Waals surface area contributed by atoms with E-state index in [0.29, 0.717) is 26.2 Å². The van der Waals surface area contributed by atoms with Crippen LogP contribution in [0.2, 0.25) is 0 Å². The number of ether oxygens (including phenoxy) is 3. The van der Waals surface area contributed by atoms with Crippen molar-refractivity contribution in [3.05, 3.63) is 83.4 Å².